The largest absolute Gasteiger partial charge is 0.393 e. The van der Waals surface area contributed by atoms with Crippen LogP contribution in [0.2, 0.25) is 0 Å². The molecule has 202 valence electrons. The van der Waals surface area contributed by atoms with E-state index in [-0.39, 0.29) is 40.6 Å². The van der Waals surface area contributed by atoms with E-state index in [1.54, 1.807) is 18.5 Å². The first-order valence-corrected chi connectivity index (χ1v) is 14.5. The smallest absolute Gasteiger partial charge is 0.258 e. The molecule has 11 atom stereocenters. The van der Waals surface area contributed by atoms with E-state index in [1.165, 1.54) is 0 Å². The van der Waals surface area contributed by atoms with Crippen molar-refractivity contribution in [1.29, 1.82) is 0 Å². The molecule has 37 heavy (non-hydrogen) atoms. The molecule has 0 bridgehead atoms. The van der Waals surface area contributed by atoms with Gasteiger partial charge in [0.25, 0.3) is 5.56 Å². The van der Waals surface area contributed by atoms with E-state index in [1.807, 2.05) is 0 Å². The number of hydrogen-bond donors (Lipinski definition) is 4. The molecule has 7 heteroatoms. The normalized spacial score (nSPS) is 44.2. The third kappa shape index (κ3) is 3.90. The minimum absolute atomic E-state index is 0.0949. The summed E-state index contributed by atoms with van der Waals surface area (Å²) in [5.74, 6) is 2.63. The van der Waals surface area contributed by atoms with E-state index in [4.69, 9.17) is 0 Å². The quantitative estimate of drug-likeness (QED) is 0.497. The Morgan fingerprint density at radius 3 is 2.73 bits per heavy atom. The molecule has 2 heterocycles. The third-order valence-corrected chi connectivity index (χ3v) is 11.9. The van der Waals surface area contributed by atoms with Crippen LogP contribution in [0.15, 0.2) is 23.3 Å². The molecule has 7 nitrogen and oxygen atoms in total. The van der Waals surface area contributed by atoms with Crippen molar-refractivity contribution in [2.24, 2.45) is 46.3 Å². The number of rotatable bonds is 4. The molecular weight excluding hydrogens is 466 g/mol. The number of nitrogens with zero attached hydrogens (tertiary/aromatic N) is 2. The van der Waals surface area contributed by atoms with Crippen molar-refractivity contribution in [1.82, 2.24) is 15.0 Å². The summed E-state index contributed by atoms with van der Waals surface area (Å²) in [7, 11) is 0. The van der Waals surface area contributed by atoms with Crippen LogP contribution in [-0.2, 0) is 6.42 Å². The van der Waals surface area contributed by atoms with Crippen molar-refractivity contribution in [3.63, 3.8) is 0 Å². The summed E-state index contributed by atoms with van der Waals surface area (Å²) in [6.07, 6.45) is 10.1. The van der Waals surface area contributed by atoms with E-state index in [2.05, 4.69) is 35.7 Å². The van der Waals surface area contributed by atoms with Gasteiger partial charge in [-0.2, -0.15) is 0 Å². The molecular formula is C30H43N3O4. The summed E-state index contributed by atoms with van der Waals surface area (Å²) in [5, 5.41) is 34.1. The zero-order valence-electron chi connectivity index (χ0n) is 22.4. The molecule has 2 aromatic rings. The summed E-state index contributed by atoms with van der Waals surface area (Å²) in [6, 6.07) is 1.70. The summed E-state index contributed by atoms with van der Waals surface area (Å²) < 4.78 is 0. The molecule has 0 aliphatic heterocycles. The minimum atomic E-state index is -0.381. The molecule has 2 aromatic heterocycles. The van der Waals surface area contributed by atoms with Crippen LogP contribution in [0, 0.1) is 46.3 Å². The second-order valence-corrected chi connectivity index (χ2v) is 13.4. The Kier molecular flexibility index (Phi) is 6.28. The predicted molar refractivity (Wildman–Crippen MR) is 142 cm³/mol. The number of aliphatic hydroxyl groups excluding tert-OH is 3. The summed E-state index contributed by atoms with van der Waals surface area (Å²) in [4.78, 5) is 24.2. The van der Waals surface area contributed by atoms with Crippen molar-refractivity contribution in [3.8, 4) is 0 Å². The highest BCUT2D eigenvalue weighted by Gasteiger charge is 2.65. The molecule has 6 rings (SSSR count). The molecule has 0 spiro atoms. The Bertz CT molecular complexity index is 1220. The molecule has 4 fully saturated rings. The summed E-state index contributed by atoms with van der Waals surface area (Å²) in [5.41, 5.74) is 0.388. The number of nitrogens with one attached hydrogen (secondary N) is 1. The first-order chi connectivity index (χ1) is 17.6. The molecule has 4 saturated carbocycles. The highest BCUT2D eigenvalue weighted by atomic mass is 16.3. The SMILES string of the molecule is C[C@H](CCc1nc2cnccc2c(=O)[nH]1)[C@H]1CC[C@H]2[C@H]3C(C[C@H](O)[C@]12C)[C@@]1(C)CC[C@@H](O)C[C@H]1C[C@H]3O. The van der Waals surface area contributed by atoms with Crippen molar-refractivity contribution in [3.05, 3.63) is 34.6 Å². The Morgan fingerprint density at radius 1 is 1.11 bits per heavy atom. The van der Waals surface area contributed by atoms with Gasteiger partial charge in [0.1, 0.15) is 5.82 Å². The molecule has 4 N–H and O–H groups in total. The molecule has 4 aliphatic rings. The van der Waals surface area contributed by atoms with Crippen LogP contribution < -0.4 is 5.56 Å². The molecule has 4 aliphatic carbocycles. The Labute approximate surface area is 219 Å². The van der Waals surface area contributed by atoms with E-state index in [0.29, 0.717) is 52.7 Å². The lowest BCUT2D eigenvalue weighted by Gasteiger charge is -2.63. The van der Waals surface area contributed by atoms with Gasteiger partial charge in [-0.05, 0) is 104 Å². The second kappa shape index (κ2) is 9.13. The lowest BCUT2D eigenvalue weighted by molar-refractivity contribution is -0.207. The molecule has 0 radical (unpaired) electrons. The minimum Gasteiger partial charge on any atom is -0.393 e. The second-order valence-electron chi connectivity index (χ2n) is 13.4. The zero-order valence-corrected chi connectivity index (χ0v) is 22.4. The maximum atomic E-state index is 12.5. The van der Waals surface area contributed by atoms with Crippen molar-refractivity contribution >= 4 is 10.9 Å². The van der Waals surface area contributed by atoms with Gasteiger partial charge in [-0.3, -0.25) is 9.78 Å². The lowest BCUT2D eigenvalue weighted by Crippen LogP contribution is -2.62. The molecule has 1 unspecified atom stereocenters. The fourth-order valence-corrected chi connectivity index (χ4v) is 9.85. The lowest BCUT2D eigenvalue weighted by atomic mass is 9.43. The van der Waals surface area contributed by atoms with Crippen molar-refractivity contribution in [2.45, 2.75) is 96.9 Å². The number of aromatic amines is 1. The fraction of sp³-hybridized carbons (Fsp3) is 0.767. The van der Waals surface area contributed by atoms with Crippen molar-refractivity contribution < 1.29 is 15.3 Å². The maximum Gasteiger partial charge on any atom is 0.258 e. The first kappa shape index (κ1) is 25.4. The number of aryl methyl sites for hydroxylation is 1. The van der Waals surface area contributed by atoms with E-state index < -0.39 is 0 Å². The van der Waals surface area contributed by atoms with Gasteiger partial charge in [-0.25, -0.2) is 4.98 Å². The summed E-state index contributed by atoms with van der Waals surface area (Å²) >= 11 is 0. The zero-order chi connectivity index (χ0) is 26.1. The average molecular weight is 510 g/mol. The highest BCUT2D eigenvalue weighted by molar-refractivity contribution is 5.75. The predicted octanol–water partition coefficient (Wildman–Crippen LogP) is 3.85. The van der Waals surface area contributed by atoms with E-state index in [9.17, 15) is 20.1 Å². The molecule has 0 amide bonds. The topological polar surface area (TPSA) is 119 Å². The van der Waals surface area contributed by atoms with Crippen LogP contribution in [0.1, 0.15) is 78.0 Å². The van der Waals surface area contributed by atoms with Crippen LogP contribution in [0.3, 0.4) is 0 Å². The number of aliphatic hydroxyl groups is 3. The number of fused-ring (bicyclic) bond motifs is 6. The number of H-pyrrole nitrogens is 1. The van der Waals surface area contributed by atoms with Crippen LogP contribution in [0.5, 0.6) is 0 Å². The van der Waals surface area contributed by atoms with Crippen LogP contribution in [-0.4, -0.2) is 48.6 Å². The number of pyridine rings is 1. The van der Waals surface area contributed by atoms with Gasteiger partial charge in [0.15, 0.2) is 0 Å². The third-order valence-electron chi connectivity index (χ3n) is 11.9. The summed E-state index contributed by atoms with van der Waals surface area (Å²) in [6.45, 7) is 6.96. The number of hydrogen-bond acceptors (Lipinski definition) is 6. The van der Waals surface area contributed by atoms with Gasteiger partial charge < -0.3 is 20.3 Å². The van der Waals surface area contributed by atoms with Gasteiger partial charge >= 0.3 is 0 Å². The van der Waals surface area contributed by atoms with Gasteiger partial charge in [0.05, 0.1) is 35.4 Å². The highest BCUT2D eigenvalue weighted by Crippen LogP contribution is 2.68. The van der Waals surface area contributed by atoms with Crippen LogP contribution >= 0.6 is 0 Å². The fourth-order valence-electron chi connectivity index (χ4n) is 9.85. The monoisotopic (exact) mass is 509 g/mol. The van der Waals surface area contributed by atoms with Crippen LogP contribution in [0.25, 0.3) is 10.9 Å². The Hall–Kier alpha value is -1.83. The Morgan fingerprint density at radius 2 is 1.92 bits per heavy atom. The first-order valence-electron chi connectivity index (χ1n) is 14.5. The van der Waals surface area contributed by atoms with Gasteiger partial charge in [0, 0.05) is 12.6 Å². The van der Waals surface area contributed by atoms with E-state index >= 15 is 0 Å². The van der Waals surface area contributed by atoms with Gasteiger partial charge in [-0.15, -0.1) is 0 Å². The van der Waals surface area contributed by atoms with Gasteiger partial charge in [-0.1, -0.05) is 20.8 Å². The molecule has 0 saturated heterocycles. The molecule has 0 aromatic carbocycles. The number of aromatic nitrogens is 3. The Balaban J connectivity index is 1.21. The van der Waals surface area contributed by atoms with E-state index in [0.717, 1.165) is 51.4 Å². The van der Waals surface area contributed by atoms with Crippen molar-refractivity contribution in [2.75, 3.05) is 0 Å². The van der Waals surface area contributed by atoms with Crippen LogP contribution in [0.4, 0.5) is 0 Å². The standard InChI is InChI=1S/C30H43N3O4/c1-16(4-7-26-32-23-15-31-11-9-19(23)28(37)33-26)20-5-6-21-27-22(14-25(36)30(20,21)3)29(2)10-8-18(34)12-17(29)13-24(27)35/h9,11,15-18,20-22,24-25,27,34-36H,4-8,10,12-14H2,1-3H3,(H,32,33,37)/t16-,17+,18-,20-,21+,22?,24-,25+,27+,29+,30-/m1/s1. The average Bonchev–Trinajstić information content (AvgIpc) is 3.23. The van der Waals surface area contributed by atoms with Gasteiger partial charge in [0.2, 0.25) is 0 Å². The maximum absolute atomic E-state index is 12.5.